The maximum atomic E-state index is 13.2. The summed E-state index contributed by atoms with van der Waals surface area (Å²) in [6.07, 6.45) is -3.59. The zero-order valence-electron chi connectivity index (χ0n) is 20.0. The van der Waals surface area contributed by atoms with E-state index in [0.29, 0.717) is 16.8 Å². The van der Waals surface area contributed by atoms with Gasteiger partial charge in [-0.3, -0.25) is 9.52 Å². The van der Waals surface area contributed by atoms with Crippen molar-refractivity contribution in [3.05, 3.63) is 60.4 Å². The number of piperidine rings is 1. The molecule has 1 N–H and O–H groups in total. The lowest BCUT2D eigenvalue weighted by Crippen LogP contribution is -2.62. The highest BCUT2D eigenvalue weighted by Gasteiger charge is 2.44. The summed E-state index contributed by atoms with van der Waals surface area (Å²) in [5.74, 6) is -0.0100. The van der Waals surface area contributed by atoms with Crippen molar-refractivity contribution in [1.29, 1.82) is 0 Å². The second kappa shape index (κ2) is 9.93. The summed E-state index contributed by atoms with van der Waals surface area (Å²) in [7, 11) is -2.54. The molecule has 5 rings (SSSR count). The first-order valence-electron chi connectivity index (χ1n) is 11.5. The molecule has 1 amide bonds. The molecule has 0 unspecified atom stereocenters. The number of alkyl halides is 3. The van der Waals surface area contributed by atoms with Crippen LogP contribution in [0.5, 0.6) is 5.75 Å². The lowest BCUT2D eigenvalue weighted by Gasteiger charge is -2.46. The van der Waals surface area contributed by atoms with Gasteiger partial charge in [0.25, 0.3) is 5.91 Å². The van der Waals surface area contributed by atoms with Crippen molar-refractivity contribution in [2.75, 3.05) is 36.4 Å². The number of carbonyl (C=O) groups is 1. The Morgan fingerprint density at radius 2 is 1.95 bits per heavy atom. The first kappa shape index (κ1) is 26.0. The maximum Gasteiger partial charge on any atom is 0.416 e. The summed E-state index contributed by atoms with van der Waals surface area (Å²) >= 11 is 0. The van der Waals surface area contributed by atoms with Gasteiger partial charge in [0.05, 0.1) is 30.5 Å². The molecule has 2 aliphatic rings. The minimum absolute atomic E-state index is 0. The Hall–Kier alpha value is -3.62. The van der Waals surface area contributed by atoms with Gasteiger partial charge < -0.3 is 18.9 Å². The number of carbonyl (C=O) groups excluding carboxylic acids is 1. The van der Waals surface area contributed by atoms with Crippen molar-refractivity contribution in [1.82, 2.24) is 9.46 Å². The smallest absolute Gasteiger partial charge is 0.416 e. The van der Waals surface area contributed by atoms with Gasteiger partial charge in [0.1, 0.15) is 18.6 Å². The third-order valence-corrected chi connectivity index (χ3v) is 7.96. The summed E-state index contributed by atoms with van der Waals surface area (Å²) in [4.78, 5) is 14.5. The van der Waals surface area contributed by atoms with Crippen LogP contribution in [-0.4, -0.2) is 62.7 Å². The fourth-order valence-corrected chi connectivity index (χ4v) is 5.88. The van der Waals surface area contributed by atoms with Gasteiger partial charge in [-0.1, -0.05) is 23.4 Å². The quantitative estimate of drug-likeness (QED) is 0.493. The van der Waals surface area contributed by atoms with Crippen molar-refractivity contribution < 1.29 is 41.8 Å². The van der Waals surface area contributed by atoms with Crippen molar-refractivity contribution in [3.63, 3.8) is 0 Å². The van der Waals surface area contributed by atoms with E-state index in [9.17, 15) is 26.4 Å². The van der Waals surface area contributed by atoms with E-state index in [-0.39, 0.29) is 45.0 Å². The second-order valence-electron chi connectivity index (χ2n) is 8.78. The third-order valence-electron chi connectivity index (χ3n) is 6.48. The summed E-state index contributed by atoms with van der Waals surface area (Å²) in [5, 5.41) is 3.56. The van der Waals surface area contributed by atoms with Crippen LogP contribution in [0.2, 0.25) is 0 Å². The molecule has 3 aromatic rings. The number of hydrogen-bond acceptors (Lipinski definition) is 7. The predicted octanol–water partition coefficient (Wildman–Crippen LogP) is 3.78. The molecule has 0 bridgehead atoms. The summed E-state index contributed by atoms with van der Waals surface area (Å²) in [6, 6.07) is 10.6. The zero-order valence-corrected chi connectivity index (χ0v) is 20.8. The number of anilines is 2. The summed E-state index contributed by atoms with van der Waals surface area (Å²) in [5.41, 5.74) is 0.468. The fourth-order valence-electron chi connectivity index (χ4n) is 4.69. The molecular formula is C24H25F3N4O6S. The molecule has 0 saturated carbocycles. The predicted molar refractivity (Wildman–Crippen MR) is 132 cm³/mol. The number of benzene rings is 2. The molecule has 3 heterocycles. The number of amides is 1. The van der Waals surface area contributed by atoms with E-state index < -0.39 is 34.1 Å². The first-order chi connectivity index (χ1) is 18.1. The van der Waals surface area contributed by atoms with Crippen molar-refractivity contribution in [2.45, 2.75) is 24.7 Å². The zero-order chi connectivity index (χ0) is 27.1. The van der Waals surface area contributed by atoms with E-state index in [1.807, 2.05) is 0 Å². The Balaban J connectivity index is 0.00000353. The van der Waals surface area contributed by atoms with Crippen LogP contribution in [0.25, 0.3) is 11.1 Å². The van der Waals surface area contributed by atoms with Gasteiger partial charge in [0, 0.05) is 20.6 Å². The highest BCUT2D eigenvalue weighted by atomic mass is 32.2. The number of fused-ring (bicyclic) bond motifs is 1. The maximum absolute atomic E-state index is 13.2. The number of nitrogens with zero attached hydrogens (tertiary/aromatic N) is 3. The lowest BCUT2D eigenvalue weighted by atomic mass is 9.97. The minimum atomic E-state index is -4.48. The Morgan fingerprint density at radius 3 is 2.66 bits per heavy atom. The molecule has 2 atom stereocenters. The Labute approximate surface area is 217 Å². The van der Waals surface area contributed by atoms with Gasteiger partial charge in [-0.25, -0.2) is 0 Å². The van der Waals surface area contributed by atoms with Crippen LogP contribution >= 0.6 is 0 Å². The van der Waals surface area contributed by atoms with Gasteiger partial charge in [-0.05, 0) is 41.8 Å². The van der Waals surface area contributed by atoms with Crippen LogP contribution in [-0.2, 0) is 25.9 Å². The minimum Gasteiger partial charge on any atom is -0.495 e. The van der Waals surface area contributed by atoms with Gasteiger partial charge in [-0.15, -0.1) is 0 Å². The number of hydrogen-bond donors (Lipinski definition) is 1. The first-order valence-corrected chi connectivity index (χ1v) is 13.0. The monoisotopic (exact) mass is 554 g/mol. The lowest BCUT2D eigenvalue weighted by molar-refractivity contribution is -0.137. The molecule has 0 radical (unpaired) electrons. The van der Waals surface area contributed by atoms with Crippen LogP contribution in [0, 0.1) is 0 Å². The average molecular weight is 555 g/mol. The number of morpholine rings is 1. The molecule has 2 aliphatic heterocycles. The van der Waals surface area contributed by atoms with Crippen LogP contribution < -0.4 is 14.4 Å². The molecule has 1 aromatic heterocycles. The molecule has 14 heteroatoms. The van der Waals surface area contributed by atoms with Gasteiger partial charge in [-0.2, -0.15) is 25.9 Å². The number of nitrogens with one attached hydrogen (secondary N) is 1. The molecule has 10 nitrogen and oxygen atoms in total. The van der Waals surface area contributed by atoms with E-state index in [4.69, 9.17) is 9.47 Å². The molecule has 2 aromatic carbocycles. The number of aromatic nitrogens is 1. The Kier molecular flexibility index (Phi) is 6.79. The highest BCUT2D eigenvalue weighted by Crippen LogP contribution is 2.39. The number of ether oxygens (including phenoxy) is 2. The normalized spacial score (nSPS) is 20.7. The Morgan fingerprint density at radius 1 is 1.16 bits per heavy atom. The molecular weight excluding hydrogens is 529 g/mol. The van der Waals surface area contributed by atoms with Gasteiger partial charge in [0.2, 0.25) is 0 Å². The highest BCUT2D eigenvalue weighted by molar-refractivity contribution is 7.90. The van der Waals surface area contributed by atoms with Crippen molar-refractivity contribution in [3.8, 4) is 16.9 Å². The van der Waals surface area contributed by atoms with Crippen LogP contribution in [0.4, 0.5) is 24.7 Å². The average Bonchev–Trinajstić information content (AvgIpc) is 3.40. The fraction of sp³-hybridized carbons (Fsp3) is 0.333. The van der Waals surface area contributed by atoms with Gasteiger partial charge >= 0.3 is 16.4 Å². The molecule has 204 valence electrons. The summed E-state index contributed by atoms with van der Waals surface area (Å²) < 4.78 is 84.7. The van der Waals surface area contributed by atoms with Crippen molar-refractivity contribution in [2.24, 2.45) is 0 Å². The SMILES string of the molecule is COc1cc(-c2cccc(C(F)(F)F)c2)ccc1N1C(=O)CO[C@@H]2CN(S(=O)(=O)Nc3ccon3)CC[C@H]21.[HH]. The molecule has 0 spiro atoms. The molecule has 2 saturated heterocycles. The largest absolute Gasteiger partial charge is 0.495 e. The van der Waals surface area contributed by atoms with E-state index >= 15 is 0 Å². The van der Waals surface area contributed by atoms with E-state index in [0.717, 1.165) is 12.1 Å². The van der Waals surface area contributed by atoms with E-state index in [1.165, 1.54) is 34.7 Å². The van der Waals surface area contributed by atoms with Crippen molar-refractivity contribution >= 4 is 27.6 Å². The van der Waals surface area contributed by atoms with Crippen LogP contribution in [0.15, 0.2) is 59.3 Å². The second-order valence-corrected chi connectivity index (χ2v) is 10.5. The topological polar surface area (TPSA) is 114 Å². The third kappa shape index (κ3) is 5.06. The molecule has 0 aliphatic carbocycles. The van der Waals surface area contributed by atoms with E-state index in [1.54, 1.807) is 24.3 Å². The molecule has 38 heavy (non-hydrogen) atoms. The van der Waals surface area contributed by atoms with Crippen LogP contribution in [0.3, 0.4) is 0 Å². The Bertz CT molecular complexity index is 1440. The van der Waals surface area contributed by atoms with Crippen LogP contribution in [0.1, 0.15) is 13.4 Å². The number of rotatable bonds is 6. The summed E-state index contributed by atoms with van der Waals surface area (Å²) in [6.45, 7) is -0.178. The standard InChI is InChI=1S/C24H23F3N4O6S.H2/c1-35-20-12-16(15-3-2-4-17(11-15)24(25,26)27)5-6-18(20)31-19-7-9-30(13-21(19)36-14-23(31)32)38(33,34)29-22-8-10-37-28-22;/h2-6,8,10-12,19,21H,7,9,13-14H2,1H3,(H,28,29);1H/t19-,21-;/m1./s1. The van der Waals surface area contributed by atoms with Gasteiger partial charge in [0.15, 0.2) is 5.82 Å². The number of halogens is 3. The van der Waals surface area contributed by atoms with E-state index in [2.05, 4.69) is 14.4 Å². The number of methoxy groups -OCH3 is 1. The molecule has 2 fully saturated rings.